The van der Waals surface area contributed by atoms with Gasteiger partial charge in [-0.1, -0.05) is 13.8 Å². The van der Waals surface area contributed by atoms with Gasteiger partial charge in [-0.2, -0.15) is 4.89 Å². The second kappa shape index (κ2) is 6.76. The molecule has 6 heteroatoms. The van der Waals surface area contributed by atoms with Crippen molar-refractivity contribution in [1.29, 1.82) is 0 Å². The summed E-state index contributed by atoms with van der Waals surface area (Å²) in [6, 6.07) is 3.74. The third kappa shape index (κ3) is 2.80. The summed E-state index contributed by atoms with van der Waals surface area (Å²) in [5.41, 5.74) is -0.321. The third-order valence-corrected chi connectivity index (χ3v) is 6.72. The van der Waals surface area contributed by atoms with Crippen LogP contribution >= 0.6 is 0 Å². The Bertz CT molecular complexity index is 859. The van der Waals surface area contributed by atoms with Gasteiger partial charge in [0.25, 0.3) is 0 Å². The minimum absolute atomic E-state index is 0.0840. The highest BCUT2D eigenvalue weighted by molar-refractivity contribution is 5.67. The molecular weight excluding hydrogens is 372 g/mol. The van der Waals surface area contributed by atoms with Crippen LogP contribution in [0.3, 0.4) is 0 Å². The second-order valence-corrected chi connectivity index (χ2v) is 8.78. The first-order valence-electron chi connectivity index (χ1n) is 10.0. The monoisotopic (exact) mass is 402 g/mol. The molecule has 1 spiro atoms. The molecule has 0 amide bonds. The Morgan fingerprint density at radius 1 is 0.897 bits per heavy atom. The Balaban J connectivity index is 1.71. The van der Waals surface area contributed by atoms with E-state index in [1.54, 1.807) is 21.3 Å². The molecule has 1 aliphatic carbocycles. The van der Waals surface area contributed by atoms with Crippen LogP contribution in [0.25, 0.3) is 6.08 Å². The van der Waals surface area contributed by atoms with E-state index < -0.39 is 17.0 Å². The highest BCUT2D eigenvalue weighted by Crippen LogP contribution is 2.60. The minimum atomic E-state index is -1.08. The molecule has 2 fully saturated rings. The Kier molecular flexibility index (Phi) is 4.72. The lowest BCUT2D eigenvalue weighted by Gasteiger charge is -2.64. The van der Waals surface area contributed by atoms with E-state index in [2.05, 4.69) is 26.8 Å². The molecule has 5 rings (SSSR count). The maximum absolute atomic E-state index is 6.57. The summed E-state index contributed by atoms with van der Waals surface area (Å²) in [4.78, 5) is 11.9. The molecule has 1 aromatic rings. The van der Waals surface area contributed by atoms with Gasteiger partial charge in [0.2, 0.25) is 11.5 Å². The highest BCUT2D eigenvalue weighted by atomic mass is 17.3. The molecule has 1 unspecified atom stereocenters. The number of hydrogen-bond acceptors (Lipinski definition) is 6. The molecule has 6 nitrogen and oxygen atoms in total. The molecular formula is C23H30O6. The maximum Gasteiger partial charge on any atom is 0.241 e. The van der Waals surface area contributed by atoms with Gasteiger partial charge in [0.1, 0.15) is 5.60 Å². The molecule has 4 aliphatic rings. The summed E-state index contributed by atoms with van der Waals surface area (Å²) in [5.74, 6) is 0.639. The molecule has 3 aliphatic heterocycles. The van der Waals surface area contributed by atoms with Gasteiger partial charge in [-0.25, -0.2) is 4.89 Å². The van der Waals surface area contributed by atoms with Crippen molar-refractivity contribution in [2.24, 2.45) is 5.41 Å². The molecule has 3 atom stereocenters. The molecule has 0 aromatic heterocycles. The molecule has 0 radical (unpaired) electrons. The fourth-order valence-electron chi connectivity index (χ4n) is 5.09. The molecule has 29 heavy (non-hydrogen) atoms. The van der Waals surface area contributed by atoms with E-state index in [9.17, 15) is 0 Å². The van der Waals surface area contributed by atoms with Crippen LogP contribution in [0.5, 0.6) is 17.2 Å². The Hall–Kier alpha value is -2.02. The fourth-order valence-corrected chi connectivity index (χ4v) is 5.09. The van der Waals surface area contributed by atoms with Crippen molar-refractivity contribution < 1.29 is 28.7 Å². The topological polar surface area (TPSA) is 55.4 Å². The third-order valence-electron chi connectivity index (χ3n) is 6.72. The van der Waals surface area contributed by atoms with Crippen LogP contribution in [0.4, 0.5) is 0 Å². The summed E-state index contributed by atoms with van der Waals surface area (Å²) in [5, 5.41) is 0. The maximum atomic E-state index is 6.57. The molecule has 1 saturated carbocycles. The molecule has 1 aromatic carbocycles. The average Bonchev–Trinajstić information content (AvgIpc) is 2.71. The fraction of sp³-hybridized carbons (Fsp3) is 0.565. The zero-order valence-corrected chi connectivity index (χ0v) is 18.0. The normalized spacial score (nSPS) is 34.8. The van der Waals surface area contributed by atoms with Crippen molar-refractivity contribution in [2.45, 2.75) is 57.0 Å². The summed E-state index contributed by atoms with van der Waals surface area (Å²) >= 11 is 0. The summed E-state index contributed by atoms with van der Waals surface area (Å²) < 4.78 is 23.0. The van der Waals surface area contributed by atoms with E-state index in [0.29, 0.717) is 17.2 Å². The van der Waals surface area contributed by atoms with Crippen LogP contribution in [-0.2, 0) is 14.5 Å². The van der Waals surface area contributed by atoms with Crippen LogP contribution in [-0.4, -0.2) is 38.3 Å². The zero-order valence-electron chi connectivity index (χ0n) is 18.0. The van der Waals surface area contributed by atoms with E-state index in [-0.39, 0.29) is 5.41 Å². The van der Waals surface area contributed by atoms with Crippen LogP contribution in [0.15, 0.2) is 30.4 Å². The van der Waals surface area contributed by atoms with Gasteiger partial charge in [0, 0.05) is 11.0 Å². The molecule has 0 N–H and O–H groups in total. The molecule has 3 heterocycles. The van der Waals surface area contributed by atoms with Gasteiger partial charge < -0.3 is 18.9 Å². The summed E-state index contributed by atoms with van der Waals surface area (Å²) in [6.07, 6.45) is 10.9. The van der Waals surface area contributed by atoms with Gasteiger partial charge >= 0.3 is 0 Å². The van der Waals surface area contributed by atoms with Gasteiger partial charge in [0.15, 0.2) is 17.1 Å². The lowest BCUT2D eigenvalue weighted by Crippen LogP contribution is -2.73. The Labute approximate surface area is 172 Å². The van der Waals surface area contributed by atoms with Crippen molar-refractivity contribution in [3.63, 3.8) is 0 Å². The quantitative estimate of drug-likeness (QED) is 0.527. The van der Waals surface area contributed by atoms with E-state index in [0.717, 1.165) is 24.8 Å². The number of fused-ring (bicyclic) bond motifs is 1. The van der Waals surface area contributed by atoms with Gasteiger partial charge in [-0.3, -0.25) is 0 Å². The smallest absolute Gasteiger partial charge is 0.241 e. The Morgan fingerprint density at radius 3 is 2.28 bits per heavy atom. The van der Waals surface area contributed by atoms with Crippen molar-refractivity contribution in [3.8, 4) is 17.2 Å². The predicted molar refractivity (Wildman–Crippen MR) is 109 cm³/mol. The Morgan fingerprint density at radius 2 is 1.66 bits per heavy atom. The molecule has 2 bridgehead atoms. The van der Waals surface area contributed by atoms with E-state index in [1.165, 1.54) is 0 Å². The molecule has 1 saturated heterocycles. The second-order valence-electron chi connectivity index (χ2n) is 8.78. The lowest BCUT2D eigenvalue weighted by molar-refractivity contribution is -0.540. The number of ether oxygens (including phenoxy) is 4. The van der Waals surface area contributed by atoms with E-state index in [4.69, 9.17) is 28.7 Å². The van der Waals surface area contributed by atoms with Crippen molar-refractivity contribution >= 4 is 6.08 Å². The standard InChI is InChI=1S/C23H30O6/c1-20(2)11-7-12-21(3)23(20)15-14-22(27-21,28-29-23)13-10-16-8-9-17(24-4)19(26-6)18(16)25-5/h8-10,13-15H,7,11-12H2,1-6H3/b13-10+/t21-,22-,23?/m0/s1. The highest BCUT2D eigenvalue weighted by Gasteiger charge is 2.68. The lowest BCUT2D eigenvalue weighted by atomic mass is 9.57. The zero-order chi connectivity index (χ0) is 20.9. The van der Waals surface area contributed by atoms with Gasteiger partial charge in [-0.05, 0) is 62.6 Å². The van der Waals surface area contributed by atoms with Crippen LogP contribution in [0, 0.1) is 5.41 Å². The van der Waals surface area contributed by atoms with Crippen LogP contribution in [0.2, 0.25) is 0 Å². The first-order valence-corrected chi connectivity index (χ1v) is 10.0. The van der Waals surface area contributed by atoms with Gasteiger partial charge in [-0.15, -0.1) is 0 Å². The predicted octanol–water partition coefficient (Wildman–Crippen LogP) is 4.68. The van der Waals surface area contributed by atoms with Gasteiger partial charge in [0.05, 0.1) is 21.3 Å². The van der Waals surface area contributed by atoms with Crippen LogP contribution in [0.1, 0.15) is 45.6 Å². The number of benzene rings is 1. The van der Waals surface area contributed by atoms with Crippen molar-refractivity contribution in [2.75, 3.05) is 21.3 Å². The first-order chi connectivity index (χ1) is 13.8. The summed E-state index contributed by atoms with van der Waals surface area (Å²) in [6.45, 7) is 6.55. The van der Waals surface area contributed by atoms with E-state index >= 15 is 0 Å². The number of methoxy groups -OCH3 is 3. The average molecular weight is 402 g/mol. The first kappa shape index (κ1) is 20.3. The number of rotatable bonds is 5. The van der Waals surface area contributed by atoms with Crippen LogP contribution < -0.4 is 14.2 Å². The summed E-state index contributed by atoms with van der Waals surface area (Å²) in [7, 11) is 4.78. The number of hydrogen-bond donors (Lipinski definition) is 0. The minimum Gasteiger partial charge on any atom is -0.493 e. The van der Waals surface area contributed by atoms with E-state index in [1.807, 2.05) is 30.4 Å². The molecule has 158 valence electrons. The van der Waals surface area contributed by atoms with Crippen molar-refractivity contribution in [3.05, 3.63) is 35.9 Å². The SMILES string of the molecule is COc1ccc(/C=C/[C@@]23C=CC4(OO2)C(C)(C)CCC[C@]4(C)O3)c(OC)c1OC. The largest absolute Gasteiger partial charge is 0.493 e. The van der Waals surface area contributed by atoms with Crippen molar-refractivity contribution in [1.82, 2.24) is 0 Å².